The molecule has 1 aliphatic heterocycles. The zero-order valence-electron chi connectivity index (χ0n) is 18.0. The Bertz CT molecular complexity index is 1130. The summed E-state index contributed by atoms with van der Waals surface area (Å²) in [7, 11) is 0. The molecule has 2 aromatic carbocycles. The molecule has 2 N–H and O–H groups in total. The average Bonchev–Trinajstić information content (AvgIpc) is 3.19. The summed E-state index contributed by atoms with van der Waals surface area (Å²) in [5.74, 6) is -0.362. The molecule has 2 amide bonds. The number of likely N-dealkylation sites (tertiary alicyclic amines) is 1. The molecule has 0 unspecified atom stereocenters. The second-order valence-electron chi connectivity index (χ2n) is 8.47. The first kappa shape index (κ1) is 21.0. The van der Waals surface area contributed by atoms with Crippen LogP contribution in [0.4, 0.5) is 4.39 Å². The highest BCUT2D eigenvalue weighted by molar-refractivity contribution is 6.05. The summed E-state index contributed by atoms with van der Waals surface area (Å²) in [5, 5.41) is 10.9. The summed E-state index contributed by atoms with van der Waals surface area (Å²) in [5.41, 5.74) is 3.27. The van der Waals surface area contributed by atoms with Gasteiger partial charge in [0.15, 0.2) is 5.69 Å². The van der Waals surface area contributed by atoms with Gasteiger partial charge in [0.2, 0.25) is 5.91 Å². The fourth-order valence-corrected chi connectivity index (χ4v) is 4.14. The number of aromatic amines is 1. The Morgan fingerprint density at radius 1 is 1.19 bits per heavy atom. The number of halogens is 1. The lowest BCUT2D eigenvalue weighted by molar-refractivity contribution is -0.135. The van der Waals surface area contributed by atoms with E-state index in [1.165, 1.54) is 6.07 Å². The van der Waals surface area contributed by atoms with Gasteiger partial charge >= 0.3 is 0 Å². The van der Waals surface area contributed by atoms with Gasteiger partial charge in [0.05, 0.1) is 5.52 Å². The maximum Gasteiger partial charge on any atom is 0.272 e. The molecule has 4 rings (SSSR count). The van der Waals surface area contributed by atoms with Crippen molar-refractivity contribution in [3.63, 3.8) is 0 Å². The Kier molecular flexibility index (Phi) is 5.76. The minimum absolute atomic E-state index is 0.00380. The first-order valence-electron chi connectivity index (χ1n) is 10.7. The molecule has 31 heavy (non-hydrogen) atoms. The van der Waals surface area contributed by atoms with E-state index in [4.69, 9.17) is 0 Å². The third-order valence-corrected chi connectivity index (χ3v) is 5.99. The number of piperidine rings is 1. The maximum absolute atomic E-state index is 14.0. The number of rotatable bonds is 4. The van der Waals surface area contributed by atoms with Crippen molar-refractivity contribution in [3.05, 3.63) is 53.5 Å². The fraction of sp³-hybridized carbons (Fsp3) is 0.375. The highest BCUT2D eigenvalue weighted by Crippen LogP contribution is 2.29. The maximum atomic E-state index is 14.0. The van der Waals surface area contributed by atoms with Gasteiger partial charge in [-0.3, -0.25) is 14.7 Å². The Hall–Kier alpha value is -3.22. The lowest BCUT2D eigenvalue weighted by Gasteiger charge is -2.33. The molecule has 162 valence electrons. The molecule has 1 saturated heterocycles. The highest BCUT2D eigenvalue weighted by Gasteiger charge is 2.26. The molecule has 0 aliphatic carbocycles. The molecular formula is C24H27FN4O2. The van der Waals surface area contributed by atoms with Crippen molar-refractivity contribution < 1.29 is 14.0 Å². The number of carbonyl (C=O) groups is 2. The standard InChI is InChI=1S/C24H27FN4O2/c1-14(2)24(31)29-11-9-17(10-12-29)26-23(30)22-19-13-16(7-8-21(19)27-28-22)18-5-4-6-20(25)15(18)3/h4-8,13-14,17H,9-12H2,1-3H3,(H,26,30)(H,27,28). The van der Waals surface area contributed by atoms with Gasteiger partial charge in [0, 0.05) is 30.4 Å². The van der Waals surface area contributed by atoms with E-state index in [9.17, 15) is 14.0 Å². The van der Waals surface area contributed by atoms with Crippen LogP contribution in [0, 0.1) is 18.7 Å². The van der Waals surface area contributed by atoms with Crippen LogP contribution >= 0.6 is 0 Å². The topological polar surface area (TPSA) is 78.1 Å². The van der Waals surface area contributed by atoms with Crippen molar-refractivity contribution in [2.24, 2.45) is 5.92 Å². The van der Waals surface area contributed by atoms with E-state index in [0.717, 1.165) is 29.5 Å². The number of aromatic nitrogens is 2. The molecule has 2 heterocycles. The molecule has 6 nitrogen and oxygen atoms in total. The number of benzene rings is 2. The number of H-pyrrole nitrogens is 1. The lowest BCUT2D eigenvalue weighted by atomic mass is 9.98. The monoisotopic (exact) mass is 422 g/mol. The predicted molar refractivity (Wildman–Crippen MR) is 118 cm³/mol. The molecule has 0 atom stereocenters. The van der Waals surface area contributed by atoms with Crippen molar-refractivity contribution in [1.82, 2.24) is 20.4 Å². The number of nitrogens with zero attached hydrogens (tertiary/aromatic N) is 2. The second-order valence-corrected chi connectivity index (χ2v) is 8.47. The minimum atomic E-state index is -0.259. The second kappa shape index (κ2) is 8.49. The van der Waals surface area contributed by atoms with Crippen molar-refractivity contribution in [1.29, 1.82) is 0 Å². The number of fused-ring (bicyclic) bond motifs is 1. The van der Waals surface area contributed by atoms with Crippen molar-refractivity contribution in [2.75, 3.05) is 13.1 Å². The predicted octanol–water partition coefficient (Wildman–Crippen LogP) is 4.05. The number of carbonyl (C=O) groups excluding carboxylic acids is 2. The van der Waals surface area contributed by atoms with Crippen LogP contribution in [-0.2, 0) is 4.79 Å². The van der Waals surface area contributed by atoms with Gasteiger partial charge in [0.1, 0.15) is 5.82 Å². The van der Waals surface area contributed by atoms with Gasteiger partial charge in [-0.05, 0) is 54.7 Å². The quantitative estimate of drug-likeness (QED) is 0.666. The smallest absolute Gasteiger partial charge is 0.272 e. The van der Waals surface area contributed by atoms with Crippen LogP contribution in [0.3, 0.4) is 0 Å². The van der Waals surface area contributed by atoms with E-state index in [1.54, 1.807) is 13.0 Å². The Balaban J connectivity index is 1.51. The lowest BCUT2D eigenvalue weighted by Crippen LogP contribution is -2.47. The molecule has 1 aliphatic rings. The minimum Gasteiger partial charge on any atom is -0.348 e. The SMILES string of the molecule is Cc1c(F)cccc1-c1ccc2[nH]nc(C(=O)NC3CCN(C(=O)C(C)C)CC3)c2c1. The molecule has 0 radical (unpaired) electrons. The van der Waals surface area contributed by atoms with Crippen LogP contribution in [0.5, 0.6) is 0 Å². The van der Waals surface area contributed by atoms with Crippen molar-refractivity contribution in [3.8, 4) is 11.1 Å². The summed E-state index contributed by atoms with van der Waals surface area (Å²) in [4.78, 5) is 27.0. The molecule has 1 fully saturated rings. The Morgan fingerprint density at radius 3 is 2.65 bits per heavy atom. The highest BCUT2D eigenvalue weighted by atomic mass is 19.1. The van der Waals surface area contributed by atoms with Crippen LogP contribution in [0.1, 0.15) is 42.7 Å². The molecular weight excluding hydrogens is 395 g/mol. The summed E-state index contributed by atoms with van der Waals surface area (Å²) in [6.45, 7) is 6.84. The van der Waals surface area contributed by atoms with Gasteiger partial charge in [-0.25, -0.2) is 4.39 Å². The van der Waals surface area contributed by atoms with Crippen LogP contribution in [-0.4, -0.2) is 46.0 Å². The van der Waals surface area contributed by atoms with Gasteiger partial charge in [-0.15, -0.1) is 0 Å². The molecule has 1 aromatic heterocycles. The van der Waals surface area contributed by atoms with Gasteiger partial charge < -0.3 is 10.2 Å². The molecule has 0 saturated carbocycles. The molecule has 0 bridgehead atoms. The molecule has 7 heteroatoms. The third kappa shape index (κ3) is 4.17. The van der Waals surface area contributed by atoms with Crippen LogP contribution in [0.15, 0.2) is 36.4 Å². The summed E-state index contributed by atoms with van der Waals surface area (Å²) in [6, 6.07) is 10.6. The third-order valence-electron chi connectivity index (χ3n) is 5.99. The van der Waals surface area contributed by atoms with Crippen molar-refractivity contribution in [2.45, 2.75) is 39.7 Å². The largest absolute Gasteiger partial charge is 0.348 e. The van der Waals surface area contributed by atoms with Crippen LogP contribution < -0.4 is 5.32 Å². The van der Waals surface area contributed by atoms with E-state index in [0.29, 0.717) is 29.7 Å². The summed E-state index contributed by atoms with van der Waals surface area (Å²) < 4.78 is 14.0. The summed E-state index contributed by atoms with van der Waals surface area (Å²) >= 11 is 0. The Morgan fingerprint density at radius 2 is 1.94 bits per heavy atom. The zero-order chi connectivity index (χ0) is 22.1. The van der Waals surface area contributed by atoms with E-state index < -0.39 is 0 Å². The molecule has 0 spiro atoms. The number of hydrogen-bond acceptors (Lipinski definition) is 3. The van der Waals surface area contributed by atoms with E-state index in [2.05, 4.69) is 15.5 Å². The van der Waals surface area contributed by atoms with E-state index in [1.807, 2.05) is 43.0 Å². The molecule has 3 aromatic rings. The van der Waals surface area contributed by atoms with Crippen LogP contribution in [0.25, 0.3) is 22.0 Å². The first-order valence-corrected chi connectivity index (χ1v) is 10.7. The van der Waals surface area contributed by atoms with Gasteiger partial charge in [0.25, 0.3) is 5.91 Å². The zero-order valence-corrected chi connectivity index (χ0v) is 18.0. The summed E-state index contributed by atoms with van der Waals surface area (Å²) in [6.07, 6.45) is 1.45. The van der Waals surface area contributed by atoms with Gasteiger partial charge in [-0.1, -0.05) is 32.0 Å². The van der Waals surface area contributed by atoms with E-state index >= 15 is 0 Å². The van der Waals surface area contributed by atoms with Crippen molar-refractivity contribution >= 4 is 22.7 Å². The normalized spacial score (nSPS) is 14.9. The number of amides is 2. The fourth-order valence-electron chi connectivity index (χ4n) is 4.14. The Labute approximate surface area is 180 Å². The van der Waals surface area contributed by atoms with E-state index in [-0.39, 0.29) is 29.6 Å². The van der Waals surface area contributed by atoms with Gasteiger partial charge in [-0.2, -0.15) is 5.10 Å². The van der Waals surface area contributed by atoms with Crippen LogP contribution in [0.2, 0.25) is 0 Å². The first-order chi connectivity index (χ1) is 14.8. The number of nitrogens with one attached hydrogen (secondary N) is 2. The number of hydrogen-bond donors (Lipinski definition) is 2. The average molecular weight is 423 g/mol.